The van der Waals surface area contributed by atoms with Gasteiger partial charge in [0.05, 0.1) is 33.8 Å². The second kappa shape index (κ2) is 4.52. The topological polar surface area (TPSA) is 45.9 Å². The van der Waals surface area contributed by atoms with Crippen LogP contribution in [0.5, 0.6) is 5.75 Å². The third-order valence-electron chi connectivity index (χ3n) is 2.03. The number of ether oxygens (including phenoxy) is 1. The van der Waals surface area contributed by atoms with Crippen molar-refractivity contribution in [3.8, 4) is 22.4 Å². The molecule has 0 spiro atoms. The molecule has 0 saturated carbocycles. The molecule has 3 nitrogen and oxygen atoms in total. The molecule has 2 heterocycles. The summed E-state index contributed by atoms with van der Waals surface area (Å²) in [6.45, 7) is 0. The number of nitriles is 1. The minimum absolute atomic E-state index is 0.469. The van der Waals surface area contributed by atoms with Gasteiger partial charge in [0.25, 0.3) is 0 Å². The third-order valence-corrected chi connectivity index (χ3v) is 3.29. The summed E-state index contributed by atoms with van der Waals surface area (Å²) in [5.74, 6) is 0.480. The lowest BCUT2D eigenvalue weighted by atomic mass is 10.2. The number of nitrogens with zero attached hydrogens (tertiary/aromatic N) is 2. The van der Waals surface area contributed by atoms with E-state index in [9.17, 15) is 0 Å². The molecule has 0 aliphatic rings. The summed E-state index contributed by atoms with van der Waals surface area (Å²) in [6.07, 6.45) is 1.54. The Morgan fingerprint density at radius 3 is 2.88 bits per heavy atom. The molecule has 0 saturated heterocycles. The van der Waals surface area contributed by atoms with Crippen LogP contribution in [0.2, 0.25) is 4.34 Å². The van der Waals surface area contributed by atoms with Gasteiger partial charge >= 0.3 is 0 Å². The van der Waals surface area contributed by atoms with Gasteiger partial charge in [-0.25, -0.2) is 0 Å². The number of hydrogen-bond acceptors (Lipinski definition) is 4. The number of hydrogen-bond donors (Lipinski definition) is 0. The highest BCUT2D eigenvalue weighted by Gasteiger charge is 2.08. The van der Waals surface area contributed by atoms with Crippen molar-refractivity contribution in [3.63, 3.8) is 0 Å². The predicted molar refractivity (Wildman–Crippen MR) is 63.8 cm³/mol. The minimum atomic E-state index is 0.469. The quantitative estimate of drug-likeness (QED) is 0.821. The second-order valence-corrected chi connectivity index (χ2v) is 4.70. The minimum Gasteiger partial charge on any atom is -0.494 e. The molecule has 0 aromatic carbocycles. The van der Waals surface area contributed by atoms with Crippen molar-refractivity contribution in [1.82, 2.24) is 4.98 Å². The molecule has 0 N–H and O–H groups in total. The zero-order valence-electron chi connectivity index (χ0n) is 8.40. The molecule has 0 fully saturated rings. The van der Waals surface area contributed by atoms with Crippen molar-refractivity contribution in [1.29, 1.82) is 5.26 Å². The summed E-state index contributed by atoms with van der Waals surface area (Å²) in [7, 11) is 1.51. The molecule has 2 aromatic heterocycles. The summed E-state index contributed by atoms with van der Waals surface area (Å²) >= 11 is 7.27. The Hall–Kier alpha value is -1.57. The molecule has 2 aromatic rings. The van der Waals surface area contributed by atoms with Crippen molar-refractivity contribution in [2.75, 3.05) is 7.11 Å². The Morgan fingerprint density at radius 2 is 2.31 bits per heavy atom. The van der Waals surface area contributed by atoms with Crippen molar-refractivity contribution in [2.45, 2.75) is 0 Å². The highest BCUT2D eigenvalue weighted by molar-refractivity contribution is 7.19. The summed E-state index contributed by atoms with van der Waals surface area (Å²) in [4.78, 5) is 5.15. The lowest BCUT2D eigenvalue weighted by molar-refractivity contribution is 0.411. The first kappa shape index (κ1) is 10.9. The van der Waals surface area contributed by atoms with Gasteiger partial charge in [0.2, 0.25) is 0 Å². The highest BCUT2D eigenvalue weighted by atomic mass is 35.5. The lowest BCUT2D eigenvalue weighted by Gasteiger charge is -2.03. The van der Waals surface area contributed by atoms with Crippen LogP contribution in [-0.2, 0) is 0 Å². The van der Waals surface area contributed by atoms with Crippen LogP contribution >= 0.6 is 22.9 Å². The van der Waals surface area contributed by atoms with Gasteiger partial charge in [-0.3, -0.25) is 4.98 Å². The first-order valence-electron chi connectivity index (χ1n) is 4.44. The van der Waals surface area contributed by atoms with E-state index in [1.807, 2.05) is 6.07 Å². The Labute approximate surface area is 102 Å². The second-order valence-electron chi connectivity index (χ2n) is 2.99. The molecule has 0 unspecified atom stereocenters. The van der Waals surface area contributed by atoms with Gasteiger partial charge in [-0.1, -0.05) is 11.6 Å². The number of pyridine rings is 1. The number of halogens is 1. The molecule has 80 valence electrons. The third kappa shape index (κ3) is 2.01. The van der Waals surface area contributed by atoms with E-state index in [1.54, 1.807) is 18.3 Å². The molecular weight excluding hydrogens is 244 g/mol. The average Bonchev–Trinajstić information content (AvgIpc) is 2.75. The van der Waals surface area contributed by atoms with Gasteiger partial charge in [0.1, 0.15) is 6.07 Å². The smallest absolute Gasteiger partial charge is 0.154 e. The molecule has 0 atom stereocenters. The van der Waals surface area contributed by atoms with E-state index in [0.717, 1.165) is 10.6 Å². The van der Waals surface area contributed by atoms with Gasteiger partial charge in [-0.15, -0.1) is 11.3 Å². The average molecular weight is 251 g/mol. The maximum atomic E-state index is 8.95. The lowest BCUT2D eigenvalue weighted by Crippen LogP contribution is -1.90. The van der Waals surface area contributed by atoms with Gasteiger partial charge in [-0.05, 0) is 18.2 Å². The zero-order chi connectivity index (χ0) is 11.5. The number of thiophene rings is 1. The molecule has 0 amide bonds. The summed E-state index contributed by atoms with van der Waals surface area (Å²) < 4.78 is 5.72. The van der Waals surface area contributed by atoms with Crippen molar-refractivity contribution >= 4 is 22.9 Å². The molecule has 16 heavy (non-hydrogen) atoms. The van der Waals surface area contributed by atoms with E-state index in [1.165, 1.54) is 18.4 Å². The molecule has 0 radical (unpaired) electrons. The highest BCUT2D eigenvalue weighted by Crippen LogP contribution is 2.31. The van der Waals surface area contributed by atoms with Crippen LogP contribution in [0.3, 0.4) is 0 Å². The molecule has 0 aliphatic carbocycles. The maximum Gasteiger partial charge on any atom is 0.154 e. The standard InChI is InChI=1S/C11H7ClN2OS/c1-15-9-6-14-8(4-7(9)5-13)10-2-3-11(12)16-10/h2-4,6H,1H3. The van der Waals surface area contributed by atoms with Crippen LogP contribution in [0.15, 0.2) is 24.4 Å². The number of methoxy groups -OCH3 is 1. The van der Waals surface area contributed by atoms with Crippen LogP contribution in [0.4, 0.5) is 0 Å². The summed E-state index contributed by atoms with van der Waals surface area (Å²) in [5, 5.41) is 8.95. The Bertz CT molecular complexity index is 559. The molecule has 2 rings (SSSR count). The number of rotatable bonds is 2. The van der Waals surface area contributed by atoms with Gasteiger partial charge < -0.3 is 4.74 Å². The van der Waals surface area contributed by atoms with Crippen LogP contribution in [0.1, 0.15) is 5.56 Å². The normalized spacial score (nSPS) is 9.81. The Balaban J connectivity index is 2.48. The molecule has 0 bridgehead atoms. The van der Waals surface area contributed by atoms with Gasteiger partial charge in [0, 0.05) is 0 Å². The van der Waals surface area contributed by atoms with Crippen LogP contribution in [-0.4, -0.2) is 12.1 Å². The van der Waals surface area contributed by atoms with E-state index in [-0.39, 0.29) is 0 Å². The van der Waals surface area contributed by atoms with E-state index in [0.29, 0.717) is 15.6 Å². The fraction of sp³-hybridized carbons (Fsp3) is 0.0909. The fourth-order valence-corrected chi connectivity index (χ4v) is 2.29. The van der Waals surface area contributed by atoms with Gasteiger partial charge in [-0.2, -0.15) is 5.26 Å². The van der Waals surface area contributed by atoms with Crippen LogP contribution in [0, 0.1) is 11.3 Å². The first-order valence-corrected chi connectivity index (χ1v) is 5.64. The van der Waals surface area contributed by atoms with Crippen molar-refractivity contribution < 1.29 is 4.74 Å². The van der Waals surface area contributed by atoms with E-state index < -0.39 is 0 Å². The molecule has 0 aliphatic heterocycles. The van der Waals surface area contributed by atoms with Crippen LogP contribution in [0.25, 0.3) is 10.6 Å². The molecular formula is C11H7ClN2OS. The Morgan fingerprint density at radius 1 is 1.50 bits per heavy atom. The zero-order valence-corrected chi connectivity index (χ0v) is 9.97. The molecule has 5 heteroatoms. The monoisotopic (exact) mass is 250 g/mol. The maximum absolute atomic E-state index is 8.95. The van der Waals surface area contributed by atoms with E-state index in [4.69, 9.17) is 21.6 Å². The van der Waals surface area contributed by atoms with E-state index in [2.05, 4.69) is 11.1 Å². The van der Waals surface area contributed by atoms with Crippen LogP contribution < -0.4 is 4.74 Å². The van der Waals surface area contributed by atoms with Crippen molar-refractivity contribution in [3.05, 3.63) is 34.3 Å². The SMILES string of the molecule is COc1cnc(-c2ccc(Cl)s2)cc1C#N. The fourth-order valence-electron chi connectivity index (χ4n) is 1.28. The van der Waals surface area contributed by atoms with E-state index >= 15 is 0 Å². The predicted octanol–water partition coefficient (Wildman–Crippen LogP) is 3.34. The number of aromatic nitrogens is 1. The largest absolute Gasteiger partial charge is 0.494 e. The summed E-state index contributed by atoms with van der Waals surface area (Å²) in [5.41, 5.74) is 1.20. The first-order chi connectivity index (χ1) is 7.74. The van der Waals surface area contributed by atoms with Crippen molar-refractivity contribution in [2.24, 2.45) is 0 Å². The Kier molecular flexibility index (Phi) is 3.09. The summed E-state index contributed by atoms with van der Waals surface area (Å²) in [6, 6.07) is 7.45. The van der Waals surface area contributed by atoms with Gasteiger partial charge in [0.15, 0.2) is 5.75 Å².